The average molecular weight is 390 g/mol. The fourth-order valence-corrected chi connectivity index (χ4v) is 2.61. The molecule has 6 heteroatoms. The third-order valence-corrected chi connectivity index (χ3v) is 4.13. The van der Waals surface area contributed by atoms with Crippen molar-refractivity contribution in [3.63, 3.8) is 0 Å². The number of halogens is 3. The molecular formula is C12H6Cl2IN3. The fraction of sp³-hybridized carbons (Fsp3) is 0. The highest BCUT2D eigenvalue weighted by Gasteiger charge is 2.11. The molecule has 0 unspecified atom stereocenters. The zero-order valence-electron chi connectivity index (χ0n) is 8.92. The number of rotatable bonds is 1. The van der Waals surface area contributed by atoms with Crippen molar-refractivity contribution in [1.29, 1.82) is 0 Å². The lowest BCUT2D eigenvalue weighted by molar-refractivity contribution is 1.30. The third-order valence-electron chi connectivity index (χ3n) is 2.51. The van der Waals surface area contributed by atoms with Gasteiger partial charge in [-0.25, -0.2) is 9.97 Å². The second-order valence-electron chi connectivity index (χ2n) is 3.70. The van der Waals surface area contributed by atoms with Gasteiger partial charge in [0, 0.05) is 9.13 Å². The van der Waals surface area contributed by atoms with Gasteiger partial charge in [0.1, 0.15) is 11.0 Å². The highest BCUT2D eigenvalue weighted by molar-refractivity contribution is 14.1. The Morgan fingerprint density at radius 2 is 1.89 bits per heavy atom. The smallest absolute Gasteiger partial charge is 0.179 e. The van der Waals surface area contributed by atoms with Crippen molar-refractivity contribution in [3.05, 3.63) is 44.1 Å². The minimum absolute atomic E-state index is 0.268. The number of hydrogen-bond acceptors (Lipinski definition) is 2. The second-order valence-corrected chi connectivity index (χ2v) is 5.62. The summed E-state index contributed by atoms with van der Waals surface area (Å²) in [4.78, 5) is 11.8. The maximum Gasteiger partial charge on any atom is 0.179 e. The molecule has 1 aromatic carbocycles. The van der Waals surface area contributed by atoms with Crippen molar-refractivity contribution in [2.24, 2.45) is 0 Å². The monoisotopic (exact) mass is 389 g/mol. The number of imidazole rings is 1. The maximum absolute atomic E-state index is 5.93. The zero-order valence-corrected chi connectivity index (χ0v) is 12.6. The summed E-state index contributed by atoms with van der Waals surface area (Å²) in [7, 11) is 0. The standard InChI is InChI=1S/C12H6Cl2IN3/c13-7-5-9-12(17-10(7)14)18-11(16-9)6-3-1-2-4-8(6)15/h1-5H,(H,16,17,18). The van der Waals surface area contributed by atoms with E-state index in [1.807, 2.05) is 24.3 Å². The minimum atomic E-state index is 0.268. The molecule has 0 fully saturated rings. The van der Waals surface area contributed by atoms with Crippen LogP contribution in [0.25, 0.3) is 22.6 Å². The molecule has 0 atom stereocenters. The van der Waals surface area contributed by atoms with Gasteiger partial charge in [-0.05, 0) is 34.7 Å². The van der Waals surface area contributed by atoms with Crippen LogP contribution in [0.3, 0.4) is 0 Å². The Balaban J connectivity index is 2.23. The molecule has 90 valence electrons. The number of aromatic amines is 1. The Labute approximate surface area is 127 Å². The maximum atomic E-state index is 5.93. The van der Waals surface area contributed by atoms with Crippen LogP contribution >= 0.6 is 45.8 Å². The van der Waals surface area contributed by atoms with Crippen LogP contribution in [0.4, 0.5) is 0 Å². The number of fused-ring (bicyclic) bond motifs is 1. The molecule has 0 bridgehead atoms. The number of pyridine rings is 1. The van der Waals surface area contributed by atoms with E-state index in [1.165, 1.54) is 0 Å². The summed E-state index contributed by atoms with van der Waals surface area (Å²) >= 11 is 14.1. The summed E-state index contributed by atoms with van der Waals surface area (Å²) in [6.07, 6.45) is 0. The number of H-pyrrole nitrogens is 1. The van der Waals surface area contributed by atoms with Crippen LogP contribution in [0.15, 0.2) is 30.3 Å². The molecule has 3 rings (SSSR count). The first-order chi connectivity index (χ1) is 8.65. The van der Waals surface area contributed by atoms with Gasteiger partial charge in [-0.3, -0.25) is 0 Å². The van der Waals surface area contributed by atoms with E-state index < -0.39 is 0 Å². The molecule has 0 aliphatic rings. The van der Waals surface area contributed by atoms with Crippen molar-refractivity contribution >= 4 is 57.0 Å². The molecule has 18 heavy (non-hydrogen) atoms. The molecule has 0 radical (unpaired) electrons. The first kappa shape index (κ1) is 12.2. The molecule has 0 amide bonds. The van der Waals surface area contributed by atoms with Gasteiger partial charge in [0.2, 0.25) is 0 Å². The average Bonchev–Trinajstić information content (AvgIpc) is 2.73. The van der Waals surface area contributed by atoms with Crippen LogP contribution in [0.2, 0.25) is 10.2 Å². The van der Waals surface area contributed by atoms with Gasteiger partial charge in [0.25, 0.3) is 0 Å². The summed E-state index contributed by atoms with van der Waals surface area (Å²) in [5, 5.41) is 0.687. The Morgan fingerprint density at radius 3 is 2.67 bits per heavy atom. The third kappa shape index (κ3) is 2.08. The van der Waals surface area contributed by atoms with E-state index in [2.05, 4.69) is 37.5 Å². The van der Waals surface area contributed by atoms with Crippen molar-refractivity contribution in [1.82, 2.24) is 15.0 Å². The molecule has 2 aromatic heterocycles. The van der Waals surface area contributed by atoms with Crippen LogP contribution in [-0.4, -0.2) is 15.0 Å². The lowest BCUT2D eigenvalue weighted by atomic mass is 10.2. The summed E-state index contributed by atoms with van der Waals surface area (Å²) < 4.78 is 1.12. The van der Waals surface area contributed by atoms with E-state index in [0.29, 0.717) is 10.7 Å². The predicted octanol–water partition coefficient (Wildman–Crippen LogP) is 4.54. The summed E-state index contributed by atoms with van der Waals surface area (Å²) in [5.74, 6) is 0.765. The van der Waals surface area contributed by atoms with Gasteiger partial charge < -0.3 is 4.98 Å². The van der Waals surface area contributed by atoms with Crippen molar-refractivity contribution in [3.8, 4) is 11.4 Å². The number of nitrogens with zero attached hydrogens (tertiary/aromatic N) is 2. The Kier molecular flexibility index (Phi) is 3.17. The number of aromatic nitrogens is 3. The van der Waals surface area contributed by atoms with Gasteiger partial charge in [0.15, 0.2) is 5.65 Å². The van der Waals surface area contributed by atoms with E-state index in [9.17, 15) is 0 Å². The quantitative estimate of drug-likeness (QED) is 0.490. The van der Waals surface area contributed by atoms with E-state index in [4.69, 9.17) is 23.2 Å². The van der Waals surface area contributed by atoms with Gasteiger partial charge in [-0.15, -0.1) is 0 Å². The highest BCUT2D eigenvalue weighted by atomic mass is 127. The zero-order chi connectivity index (χ0) is 12.7. The van der Waals surface area contributed by atoms with Crippen molar-refractivity contribution in [2.75, 3.05) is 0 Å². The van der Waals surface area contributed by atoms with Crippen LogP contribution < -0.4 is 0 Å². The first-order valence-corrected chi connectivity index (χ1v) is 6.95. The Morgan fingerprint density at radius 1 is 1.11 bits per heavy atom. The van der Waals surface area contributed by atoms with Gasteiger partial charge in [0.05, 0.1) is 10.5 Å². The molecule has 3 nitrogen and oxygen atoms in total. The molecule has 0 saturated heterocycles. The highest BCUT2D eigenvalue weighted by Crippen LogP contribution is 2.27. The number of nitrogens with one attached hydrogen (secondary N) is 1. The molecule has 2 heterocycles. The molecule has 0 aliphatic heterocycles. The van der Waals surface area contributed by atoms with Crippen LogP contribution in [0, 0.1) is 3.57 Å². The molecular weight excluding hydrogens is 384 g/mol. The number of hydrogen-bond donors (Lipinski definition) is 1. The van der Waals surface area contributed by atoms with E-state index in [0.717, 1.165) is 20.5 Å². The van der Waals surface area contributed by atoms with E-state index >= 15 is 0 Å². The molecule has 0 spiro atoms. The number of benzene rings is 1. The van der Waals surface area contributed by atoms with Gasteiger partial charge in [-0.2, -0.15) is 0 Å². The second kappa shape index (κ2) is 4.68. The lowest BCUT2D eigenvalue weighted by Crippen LogP contribution is -1.83. The van der Waals surface area contributed by atoms with E-state index in [-0.39, 0.29) is 5.15 Å². The Bertz CT molecular complexity index is 700. The SMILES string of the molecule is Clc1cc2[nH]c(-c3ccccc3I)nc2nc1Cl. The summed E-state index contributed by atoms with van der Waals surface area (Å²) in [6, 6.07) is 9.72. The molecule has 0 saturated carbocycles. The summed E-state index contributed by atoms with van der Waals surface area (Å²) in [6.45, 7) is 0. The van der Waals surface area contributed by atoms with Crippen molar-refractivity contribution < 1.29 is 0 Å². The molecule has 1 N–H and O–H groups in total. The van der Waals surface area contributed by atoms with Crippen LogP contribution in [0.5, 0.6) is 0 Å². The fourth-order valence-electron chi connectivity index (χ4n) is 1.68. The lowest BCUT2D eigenvalue weighted by Gasteiger charge is -1.98. The summed E-state index contributed by atoms with van der Waals surface area (Å²) in [5.41, 5.74) is 2.38. The van der Waals surface area contributed by atoms with Crippen LogP contribution in [0.1, 0.15) is 0 Å². The Hall–Kier alpha value is -0.850. The van der Waals surface area contributed by atoms with Gasteiger partial charge >= 0.3 is 0 Å². The molecule has 3 aromatic rings. The largest absolute Gasteiger partial charge is 0.336 e. The first-order valence-electron chi connectivity index (χ1n) is 5.12. The van der Waals surface area contributed by atoms with Gasteiger partial charge in [-0.1, -0.05) is 41.4 Å². The van der Waals surface area contributed by atoms with E-state index in [1.54, 1.807) is 6.07 Å². The predicted molar refractivity (Wildman–Crippen MR) is 82.1 cm³/mol. The van der Waals surface area contributed by atoms with Crippen molar-refractivity contribution in [2.45, 2.75) is 0 Å². The topological polar surface area (TPSA) is 41.6 Å². The molecule has 0 aliphatic carbocycles. The normalized spacial score (nSPS) is 11.1. The van der Waals surface area contributed by atoms with Crippen LogP contribution in [-0.2, 0) is 0 Å². The minimum Gasteiger partial charge on any atom is -0.336 e.